The van der Waals surface area contributed by atoms with Gasteiger partial charge in [0.2, 0.25) is 0 Å². The molecule has 0 aliphatic carbocycles. The molecule has 1 aromatic carbocycles. The Morgan fingerprint density at radius 2 is 2.06 bits per heavy atom. The van der Waals surface area contributed by atoms with E-state index in [-0.39, 0.29) is 12.1 Å². The van der Waals surface area contributed by atoms with E-state index in [0.29, 0.717) is 5.69 Å². The molecule has 1 atom stereocenters. The third kappa shape index (κ3) is 3.37. The largest absolute Gasteiger partial charge is 0.416 e. The minimum Gasteiger partial charge on any atom is -0.392 e. The quantitative estimate of drug-likeness (QED) is 0.905. The summed E-state index contributed by atoms with van der Waals surface area (Å²) in [6.07, 6.45) is -5.10. The van der Waals surface area contributed by atoms with Crippen LogP contribution in [0.1, 0.15) is 18.1 Å². The monoisotopic (exact) mass is 258 g/mol. The molecule has 6 heteroatoms. The predicted octanol–water partition coefficient (Wildman–Crippen LogP) is 2.39. The summed E-state index contributed by atoms with van der Waals surface area (Å²) in [6, 6.07) is 4.72. The van der Waals surface area contributed by atoms with Gasteiger partial charge >= 0.3 is 6.18 Å². The number of alkyl halides is 3. The van der Waals surface area contributed by atoms with Crippen LogP contribution in [0.3, 0.4) is 0 Å². The highest BCUT2D eigenvalue weighted by Crippen LogP contribution is 2.32. The van der Waals surface area contributed by atoms with Gasteiger partial charge in [-0.15, -0.1) is 0 Å². The minimum atomic E-state index is -4.47. The minimum absolute atomic E-state index is 0.0621. The highest BCUT2D eigenvalue weighted by molar-refractivity contribution is 5.60. The number of likely N-dealkylation sites (N-methyl/N-ethyl adjacent to an activating group) is 1. The third-order valence-corrected chi connectivity index (χ3v) is 2.39. The maximum Gasteiger partial charge on any atom is 0.416 e. The number of nitriles is 1. The molecular formula is C12H13F3N2O. The number of aliphatic hydroxyl groups is 1. The molecule has 0 bridgehead atoms. The van der Waals surface area contributed by atoms with Crippen molar-refractivity contribution in [2.45, 2.75) is 19.2 Å². The van der Waals surface area contributed by atoms with Gasteiger partial charge in [-0.1, -0.05) is 0 Å². The van der Waals surface area contributed by atoms with E-state index in [4.69, 9.17) is 5.26 Å². The van der Waals surface area contributed by atoms with Crippen molar-refractivity contribution in [3.63, 3.8) is 0 Å². The van der Waals surface area contributed by atoms with Crippen molar-refractivity contribution in [3.8, 4) is 6.07 Å². The normalized spacial score (nSPS) is 12.9. The van der Waals surface area contributed by atoms with Crippen LogP contribution in [-0.4, -0.2) is 24.8 Å². The number of anilines is 1. The summed E-state index contributed by atoms with van der Waals surface area (Å²) in [4.78, 5) is 1.55. The highest BCUT2D eigenvalue weighted by atomic mass is 19.4. The lowest BCUT2D eigenvalue weighted by molar-refractivity contribution is -0.137. The fraction of sp³-hybridized carbons (Fsp3) is 0.417. The first-order valence-corrected chi connectivity index (χ1v) is 5.26. The summed E-state index contributed by atoms with van der Waals surface area (Å²) < 4.78 is 37.5. The lowest BCUT2D eigenvalue weighted by Gasteiger charge is -2.22. The van der Waals surface area contributed by atoms with Gasteiger partial charge in [-0.05, 0) is 25.1 Å². The van der Waals surface area contributed by atoms with Gasteiger partial charge in [0.15, 0.2) is 0 Å². The van der Waals surface area contributed by atoms with Crippen molar-refractivity contribution in [3.05, 3.63) is 29.3 Å². The Hall–Kier alpha value is -1.74. The van der Waals surface area contributed by atoms with E-state index >= 15 is 0 Å². The van der Waals surface area contributed by atoms with Gasteiger partial charge in [-0.3, -0.25) is 0 Å². The lowest BCUT2D eigenvalue weighted by atomic mass is 10.1. The molecule has 3 nitrogen and oxygen atoms in total. The van der Waals surface area contributed by atoms with Crippen molar-refractivity contribution in [2.24, 2.45) is 0 Å². The molecule has 0 aliphatic heterocycles. The van der Waals surface area contributed by atoms with Crippen LogP contribution < -0.4 is 4.90 Å². The van der Waals surface area contributed by atoms with Gasteiger partial charge in [-0.25, -0.2) is 0 Å². The van der Waals surface area contributed by atoms with E-state index < -0.39 is 17.8 Å². The standard InChI is InChI=1S/C12H13F3N2O/c1-8(18)7-17(2)11-4-3-10(12(13,14)15)5-9(11)6-16/h3-5,8,18H,7H2,1-2H3. The molecule has 1 unspecified atom stereocenters. The Kier molecular flexibility index (Phi) is 4.19. The van der Waals surface area contributed by atoms with Gasteiger partial charge in [0, 0.05) is 13.6 Å². The molecule has 0 spiro atoms. The first-order valence-electron chi connectivity index (χ1n) is 5.26. The van der Waals surface area contributed by atoms with Gasteiger partial charge in [0.05, 0.1) is 22.9 Å². The van der Waals surface area contributed by atoms with Gasteiger partial charge in [-0.2, -0.15) is 18.4 Å². The zero-order valence-corrected chi connectivity index (χ0v) is 9.99. The number of aliphatic hydroxyl groups excluding tert-OH is 1. The van der Waals surface area contributed by atoms with Crippen LogP contribution in [0.25, 0.3) is 0 Å². The van der Waals surface area contributed by atoms with Crippen LogP contribution in [0.5, 0.6) is 0 Å². The zero-order chi connectivity index (χ0) is 13.9. The molecular weight excluding hydrogens is 245 g/mol. The topological polar surface area (TPSA) is 47.3 Å². The molecule has 18 heavy (non-hydrogen) atoms. The van der Waals surface area contributed by atoms with Crippen molar-refractivity contribution in [1.82, 2.24) is 0 Å². The second-order valence-corrected chi connectivity index (χ2v) is 4.07. The van der Waals surface area contributed by atoms with Crippen LogP contribution in [0.2, 0.25) is 0 Å². The Labute approximate surface area is 103 Å². The maximum atomic E-state index is 12.5. The summed E-state index contributed by atoms with van der Waals surface area (Å²) in [5.41, 5.74) is -0.548. The number of benzene rings is 1. The summed E-state index contributed by atoms with van der Waals surface area (Å²) in [7, 11) is 1.61. The molecule has 0 amide bonds. The highest BCUT2D eigenvalue weighted by Gasteiger charge is 2.31. The van der Waals surface area contributed by atoms with Gasteiger partial charge in [0.25, 0.3) is 0 Å². The average molecular weight is 258 g/mol. The first kappa shape index (κ1) is 14.3. The summed E-state index contributed by atoms with van der Waals surface area (Å²) in [5, 5.41) is 18.1. The average Bonchev–Trinajstić information content (AvgIpc) is 2.26. The van der Waals surface area contributed by atoms with E-state index in [1.807, 2.05) is 0 Å². The second kappa shape index (κ2) is 5.27. The third-order valence-electron chi connectivity index (χ3n) is 2.39. The van der Waals surface area contributed by atoms with Crippen molar-refractivity contribution in [2.75, 3.05) is 18.5 Å². The number of halogens is 3. The summed E-state index contributed by atoms with van der Waals surface area (Å²) in [5.74, 6) is 0. The predicted molar refractivity (Wildman–Crippen MR) is 61.1 cm³/mol. The van der Waals surface area contributed by atoms with E-state index in [9.17, 15) is 18.3 Å². The van der Waals surface area contributed by atoms with E-state index in [0.717, 1.165) is 12.1 Å². The number of rotatable bonds is 3. The molecule has 1 aromatic rings. The number of nitrogens with zero attached hydrogens (tertiary/aromatic N) is 2. The number of hydrogen-bond acceptors (Lipinski definition) is 3. The van der Waals surface area contributed by atoms with Crippen LogP contribution in [0.15, 0.2) is 18.2 Å². The van der Waals surface area contributed by atoms with Crippen molar-refractivity contribution in [1.29, 1.82) is 5.26 Å². The summed E-state index contributed by atoms with van der Waals surface area (Å²) in [6.45, 7) is 1.80. The Morgan fingerprint density at radius 3 is 2.50 bits per heavy atom. The van der Waals surface area contributed by atoms with E-state index in [1.54, 1.807) is 24.9 Å². The molecule has 1 N–H and O–H groups in total. The van der Waals surface area contributed by atoms with Crippen LogP contribution in [-0.2, 0) is 6.18 Å². The van der Waals surface area contributed by atoms with Crippen LogP contribution >= 0.6 is 0 Å². The maximum absolute atomic E-state index is 12.5. The molecule has 0 saturated carbocycles. The van der Waals surface area contributed by atoms with Crippen molar-refractivity contribution < 1.29 is 18.3 Å². The Balaban J connectivity index is 3.13. The van der Waals surface area contributed by atoms with Gasteiger partial charge in [0.1, 0.15) is 6.07 Å². The lowest BCUT2D eigenvalue weighted by Crippen LogP contribution is -2.27. The zero-order valence-electron chi connectivity index (χ0n) is 9.99. The van der Waals surface area contributed by atoms with Crippen molar-refractivity contribution >= 4 is 5.69 Å². The van der Waals surface area contributed by atoms with Gasteiger partial charge < -0.3 is 10.0 Å². The fourth-order valence-corrected chi connectivity index (χ4v) is 1.63. The molecule has 0 aromatic heterocycles. The number of hydrogen-bond donors (Lipinski definition) is 1. The Bertz CT molecular complexity index is 463. The fourth-order valence-electron chi connectivity index (χ4n) is 1.63. The molecule has 0 heterocycles. The molecule has 0 radical (unpaired) electrons. The van der Waals surface area contributed by atoms with E-state index in [1.165, 1.54) is 6.07 Å². The SMILES string of the molecule is CC(O)CN(C)c1ccc(C(F)(F)F)cc1C#N. The van der Waals surface area contributed by atoms with Crippen LogP contribution in [0, 0.1) is 11.3 Å². The Morgan fingerprint density at radius 1 is 1.44 bits per heavy atom. The van der Waals surface area contributed by atoms with Crippen LogP contribution in [0.4, 0.5) is 18.9 Å². The summed E-state index contributed by atoms with van der Waals surface area (Å²) >= 11 is 0. The molecule has 0 fully saturated rings. The molecule has 0 saturated heterocycles. The smallest absolute Gasteiger partial charge is 0.392 e. The molecule has 0 aliphatic rings. The van der Waals surface area contributed by atoms with E-state index in [2.05, 4.69) is 0 Å². The second-order valence-electron chi connectivity index (χ2n) is 4.07. The molecule has 1 rings (SSSR count). The molecule has 98 valence electrons. The first-order chi connectivity index (χ1) is 8.25.